The smallest absolute Gasteiger partial charge is 0.0622 e. The van der Waals surface area contributed by atoms with Crippen LogP contribution < -0.4 is 0 Å². The second-order valence-electron chi connectivity index (χ2n) is 9.92. The summed E-state index contributed by atoms with van der Waals surface area (Å²) in [5.74, 6) is 0. The molecule has 0 spiro atoms. The van der Waals surface area contributed by atoms with Crippen molar-refractivity contribution in [3.63, 3.8) is 0 Å². The Kier molecular flexibility index (Phi) is 3.70. The van der Waals surface area contributed by atoms with Gasteiger partial charge in [-0.3, -0.25) is 0 Å². The molecule has 0 aliphatic heterocycles. The third kappa shape index (κ3) is 3.61. The summed E-state index contributed by atoms with van der Waals surface area (Å²) in [6.45, 7) is 0. The molecule has 0 saturated carbocycles. The van der Waals surface area contributed by atoms with Gasteiger partial charge in [-0.15, -0.1) is 0 Å². The van der Waals surface area contributed by atoms with Crippen LogP contribution in [0.1, 0.15) is 11.0 Å². The van der Waals surface area contributed by atoms with E-state index in [-0.39, 0.29) is 45.7 Å². The number of hydrogen-bond acceptors (Lipinski definition) is 0. The number of hydrogen-bond donors (Lipinski definition) is 0. The second-order valence-corrected chi connectivity index (χ2v) is 9.92. The van der Waals surface area contributed by atoms with E-state index in [0.29, 0.717) is 22.3 Å². The topological polar surface area (TPSA) is 0 Å². The first kappa shape index (κ1) is 16.0. The highest BCUT2D eigenvalue weighted by atomic mass is 14.2. The van der Waals surface area contributed by atoms with E-state index in [2.05, 4.69) is 6.07 Å². The lowest BCUT2D eigenvalue weighted by molar-refractivity contribution is 1.64. The first-order valence-corrected chi connectivity index (χ1v) is 13.2. The van der Waals surface area contributed by atoms with Crippen molar-refractivity contribution < 1.29 is 11.0 Å². The first-order chi connectivity index (χ1) is 23.2. The Morgan fingerprint density at radius 1 is 0.350 bits per heavy atom. The van der Waals surface area contributed by atoms with Crippen molar-refractivity contribution in [2.24, 2.45) is 0 Å². The fourth-order valence-corrected chi connectivity index (χ4v) is 5.84. The van der Waals surface area contributed by atoms with Gasteiger partial charge in [-0.05, 0) is 88.6 Å². The molecule has 0 unspecified atom stereocenters. The number of benzene rings is 8. The molecule has 0 amide bonds. The van der Waals surface area contributed by atoms with Crippen LogP contribution in [0, 0.1) is 0 Å². The minimum atomic E-state index is -0.411. The average molecular weight is 515 g/mol. The number of rotatable bonds is 3. The highest BCUT2D eigenvalue weighted by molar-refractivity contribution is 6.23. The van der Waals surface area contributed by atoms with Crippen molar-refractivity contribution in [1.82, 2.24) is 0 Å². The molecule has 0 aliphatic rings. The maximum Gasteiger partial charge on any atom is 0.0629 e. The fraction of sp³-hybridized carbons (Fsp3) is 0. The monoisotopic (exact) mass is 514 g/mol. The number of fused-ring (bicyclic) bond motifs is 4. The van der Waals surface area contributed by atoms with E-state index in [9.17, 15) is 5.48 Å². The minimum absolute atomic E-state index is 0.210. The molecule has 0 aliphatic carbocycles. The molecular weight excluding hydrogens is 480 g/mol. The SMILES string of the molecule is [2H]c1c([2H])c([2H])c2c(-c3cccc4ccccc34)c3c([2H])c([2H])c([2H])c([2H])c3c(-c3ccc4cc(-c5ccccc5)ccc4c3)c2c1[2H]. The van der Waals surface area contributed by atoms with Gasteiger partial charge in [0.25, 0.3) is 0 Å². The standard InChI is InChI=1S/C40H26/c1-2-11-27(12-3-1)29-21-22-31-26-32(24-23-30(31)25-29)39-35-16-6-8-18-37(35)40(38-19-9-7-17-36(38)39)34-20-10-14-28-13-4-5-15-33(28)34/h1-26H/i6D,7D,8D,9D,16D,17D,18D,19D. The van der Waals surface area contributed by atoms with Gasteiger partial charge in [-0.1, -0.05) is 145 Å². The van der Waals surface area contributed by atoms with Gasteiger partial charge in [0.05, 0.1) is 11.0 Å². The Bertz CT molecular complexity index is 2560. The van der Waals surface area contributed by atoms with Crippen molar-refractivity contribution in [1.29, 1.82) is 0 Å². The van der Waals surface area contributed by atoms with Crippen LogP contribution in [0.15, 0.2) is 158 Å². The first-order valence-electron chi connectivity index (χ1n) is 17.2. The van der Waals surface area contributed by atoms with E-state index in [4.69, 9.17) is 5.48 Å². The van der Waals surface area contributed by atoms with Gasteiger partial charge in [0.1, 0.15) is 0 Å². The molecule has 0 fully saturated rings. The maximum atomic E-state index is 9.24. The Labute approximate surface area is 245 Å². The average Bonchev–Trinajstić information content (AvgIpc) is 3.13. The molecule has 8 rings (SSSR count). The van der Waals surface area contributed by atoms with Crippen molar-refractivity contribution in [3.05, 3.63) is 158 Å². The van der Waals surface area contributed by atoms with E-state index in [1.54, 1.807) is 0 Å². The Morgan fingerprint density at radius 3 is 1.60 bits per heavy atom. The van der Waals surface area contributed by atoms with Gasteiger partial charge < -0.3 is 0 Å². The molecule has 40 heavy (non-hydrogen) atoms. The van der Waals surface area contributed by atoms with Gasteiger partial charge in [-0.2, -0.15) is 0 Å². The summed E-state index contributed by atoms with van der Waals surface area (Å²) >= 11 is 0. The van der Waals surface area contributed by atoms with Crippen LogP contribution in [-0.2, 0) is 0 Å². The minimum Gasteiger partial charge on any atom is -0.0622 e. The molecule has 0 saturated heterocycles. The molecule has 8 aromatic carbocycles. The largest absolute Gasteiger partial charge is 0.0629 e. The molecule has 0 radical (unpaired) electrons. The molecule has 0 nitrogen and oxygen atoms in total. The van der Waals surface area contributed by atoms with Crippen molar-refractivity contribution >= 4 is 43.1 Å². The molecule has 0 bridgehead atoms. The molecule has 0 aromatic heterocycles. The summed E-state index contributed by atoms with van der Waals surface area (Å²) in [6, 6.07) is 32.5. The van der Waals surface area contributed by atoms with Crippen LogP contribution >= 0.6 is 0 Å². The van der Waals surface area contributed by atoms with E-state index >= 15 is 0 Å². The Hall–Kier alpha value is -5.20. The molecule has 0 atom stereocenters. The van der Waals surface area contributed by atoms with Crippen molar-refractivity contribution in [2.75, 3.05) is 0 Å². The van der Waals surface area contributed by atoms with Crippen LogP contribution in [-0.4, -0.2) is 0 Å². The zero-order valence-corrected chi connectivity index (χ0v) is 21.4. The van der Waals surface area contributed by atoms with Crippen LogP contribution in [0.4, 0.5) is 0 Å². The van der Waals surface area contributed by atoms with Gasteiger partial charge in [-0.25, -0.2) is 0 Å². The molecule has 186 valence electrons. The van der Waals surface area contributed by atoms with E-state index in [0.717, 1.165) is 32.7 Å². The van der Waals surface area contributed by atoms with Gasteiger partial charge >= 0.3 is 0 Å². The van der Waals surface area contributed by atoms with Crippen LogP contribution in [0.25, 0.3) is 76.5 Å². The predicted octanol–water partition coefficient (Wildman–Crippen LogP) is 11.3. The predicted molar refractivity (Wildman–Crippen MR) is 173 cm³/mol. The highest BCUT2D eigenvalue weighted by Crippen LogP contribution is 2.45. The fourth-order valence-electron chi connectivity index (χ4n) is 5.84. The van der Waals surface area contributed by atoms with E-state index < -0.39 is 24.2 Å². The van der Waals surface area contributed by atoms with Gasteiger partial charge in [0.15, 0.2) is 0 Å². The van der Waals surface area contributed by atoms with Crippen molar-refractivity contribution in [3.8, 4) is 33.4 Å². The normalized spacial score (nSPS) is 14.3. The molecule has 0 heterocycles. The van der Waals surface area contributed by atoms with Crippen LogP contribution in [0.3, 0.4) is 0 Å². The Morgan fingerprint density at radius 2 is 0.900 bits per heavy atom. The summed E-state index contributed by atoms with van der Waals surface area (Å²) in [5.41, 5.74) is 4.04. The Balaban J connectivity index is 1.58. The zero-order valence-electron chi connectivity index (χ0n) is 29.4. The molecule has 0 heteroatoms. The second kappa shape index (κ2) is 9.22. The summed E-state index contributed by atoms with van der Waals surface area (Å²) in [4.78, 5) is 0. The summed E-state index contributed by atoms with van der Waals surface area (Å²) in [6.07, 6.45) is 0. The molecule has 0 N–H and O–H groups in total. The van der Waals surface area contributed by atoms with E-state index in [1.807, 2.05) is 103 Å². The summed E-state index contributed by atoms with van der Waals surface area (Å²) in [5, 5.41) is 4.39. The lowest BCUT2D eigenvalue weighted by atomic mass is 9.84. The zero-order chi connectivity index (χ0) is 33.4. The third-order valence-corrected chi connectivity index (χ3v) is 7.67. The van der Waals surface area contributed by atoms with E-state index in [1.165, 1.54) is 0 Å². The molecule has 8 aromatic rings. The lowest BCUT2D eigenvalue weighted by Gasteiger charge is -2.19. The van der Waals surface area contributed by atoms with Crippen LogP contribution in [0.5, 0.6) is 0 Å². The van der Waals surface area contributed by atoms with Crippen molar-refractivity contribution in [2.45, 2.75) is 0 Å². The summed E-state index contributed by atoms with van der Waals surface area (Å²) in [7, 11) is 0. The maximum absolute atomic E-state index is 9.24. The van der Waals surface area contributed by atoms with Gasteiger partial charge in [0, 0.05) is 0 Å². The lowest BCUT2D eigenvalue weighted by Crippen LogP contribution is -1.91. The van der Waals surface area contributed by atoms with Crippen LogP contribution in [0.2, 0.25) is 0 Å². The quantitative estimate of drug-likeness (QED) is 0.206. The summed E-state index contributed by atoms with van der Waals surface area (Å²) < 4.78 is 71.7. The van der Waals surface area contributed by atoms with Gasteiger partial charge in [0.2, 0.25) is 0 Å². The molecular formula is C40H26. The highest BCUT2D eigenvalue weighted by Gasteiger charge is 2.18. The third-order valence-electron chi connectivity index (χ3n) is 7.67.